The fourth-order valence-corrected chi connectivity index (χ4v) is 3.09. The summed E-state index contributed by atoms with van der Waals surface area (Å²) in [6.07, 6.45) is 1.65. The molecule has 0 aliphatic heterocycles. The number of imidazole rings is 1. The molecule has 1 N–H and O–H groups in total. The summed E-state index contributed by atoms with van der Waals surface area (Å²) in [7, 11) is 3.70. The standard InChI is InChI=1S/C23H21FN6O/c1-29(2)20-13-12-19(27-28-20)23(31)26-22-21(17-8-10-18(24)11-9-17)25-15-30(22)14-16-6-4-3-5-7-16/h3-13,15H,14H2,1-2H3,(H,26,31). The van der Waals surface area contributed by atoms with Gasteiger partial charge in [0.25, 0.3) is 5.91 Å². The monoisotopic (exact) mass is 416 g/mol. The topological polar surface area (TPSA) is 75.9 Å². The molecule has 0 radical (unpaired) electrons. The average Bonchev–Trinajstić information content (AvgIpc) is 3.17. The summed E-state index contributed by atoms with van der Waals surface area (Å²) in [5, 5.41) is 11.0. The highest BCUT2D eigenvalue weighted by Gasteiger charge is 2.18. The first-order valence-corrected chi connectivity index (χ1v) is 9.68. The van der Waals surface area contributed by atoms with Gasteiger partial charge in [-0.1, -0.05) is 30.3 Å². The Balaban J connectivity index is 1.68. The molecule has 2 aromatic heterocycles. The van der Waals surface area contributed by atoms with Crippen LogP contribution in [0.2, 0.25) is 0 Å². The maximum absolute atomic E-state index is 13.4. The summed E-state index contributed by atoms with van der Waals surface area (Å²) in [5.74, 6) is 0.405. The quantitative estimate of drug-likeness (QED) is 0.517. The molecule has 0 saturated carbocycles. The van der Waals surface area contributed by atoms with E-state index in [0.717, 1.165) is 5.56 Å². The largest absolute Gasteiger partial charge is 0.361 e. The molecule has 2 aromatic carbocycles. The van der Waals surface area contributed by atoms with E-state index >= 15 is 0 Å². The van der Waals surface area contributed by atoms with Gasteiger partial charge >= 0.3 is 0 Å². The summed E-state index contributed by atoms with van der Waals surface area (Å²) in [6.45, 7) is 0.510. The smallest absolute Gasteiger partial charge is 0.277 e. The lowest BCUT2D eigenvalue weighted by Crippen LogP contribution is -2.19. The zero-order valence-electron chi connectivity index (χ0n) is 17.2. The van der Waals surface area contributed by atoms with Gasteiger partial charge in [0.1, 0.15) is 17.3 Å². The van der Waals surface area contributed by atoms with Crippen molar-refractivity contribution in [1.82, 2.24) is 19.7 Å². The van der Waals surface area contributed by atoms with Crippen LogP contribution >= 0.6 is 0 Å². The Kier molecular flexibility index (Phi) is 5.70. The van der Waals surface area contributed by atoms with E-state index in [4.69, 9.17) is 0 Å². The number of benzene rings is 2. The molecule has 0 aliphatic carbocycles. The Bertz CT molecular complexity index is 1170. The first kappa shape index (κ1) is 20.2. The highest BCUT2D eigenvalue weighted by Crippen LogP contribution is 2.28. The molecule has 0 unspecified atom stereocenters. The molecule has 4 aromatic rings. The highest BCUT2D eigenvalue weighted by atomic mass is 19.1. The lowest BCUT2D eigenvalue weighted by Gasteiger charge is -2.13. The van der Waals surface area contributed by atoms with Crippen molar-refractivity contribution in [2.75, 3.05) is 24.3 Å². The van der Waals surface area contributed by atoms with Crippen LogP contribution in [0.25, 0.3) is 11.3 Å². The third-order valence-corrected chi connectivity index (χ3v) is 4.72. The number of carbonyl (C=O) groups is 1. The molecule has 4 rings (SSSR count). The number of nitrogens with zero attached hydrogens (tertiary/aromatic N) is 5. The van der Waals surface area contributed by atoms with Crippen LogP contribution < -0.4 is 10.2 Å². The second-order valence-corrected chi connectivity index (χ2v) is 7.19. The van der Waals surface area contributed by atoms with Crippen molar-refractivity contribution in [2.45, 2.75) is 6.54 Å². The van der Waals surface area contributed by atoms with Crippen LogP contribution in [0.5, 0.6) is 0 Å². The molecule has 7 nitrogen and oxygen atoms in total. The lowest BCUT2D eigenvalue weighted by atomic mass is 10.1. The summed E-state index contributed by atoms with van der Waals surface area (Å²) in [5.41, 5.74) is 2.47. The first-order valence-electron chi connectivity index (χ1n) is 9.68. The molecule has 0 aliphatic rings. The molecule has 0 spiro atoms. The third-order valence-electron chi connectivity index (χ3n) is 4.72. The molecule has 156 valence electrons. The Hall–Kier alpha value is -4.07. The summed E-state index contributed by atoms with van der Waals surface area (Å²) in [4.78, 5) is 19.2. The second kappa shape index (κ2) is 8.74. The third kappa shape index (κ3) is 4.58. The minimum atomic E-state index is -0.407. The van der Waals surface area contributed by atoms with Gasteiger partial charge in [-0.15, -0.1) is 10.2 Å². The van der Waals surface area contributed by atoms with Gasteiger partial charge in [0.15, 0.2) is 11.5 Å². The zero-order valence-corrected chi connectivity index (χ0v) is 17.2. The van der Waals surface area contributed by atoms with E-state index in [1.807, 2.05) is 49.0 Å². The van der Waals surface area contributed by atoms with Gasteiger partial charge < -0.3 is 14.8 Å². The van der Waals surface area contributed by atoms with E-state index in [-0.39, 0.29) is 11.5 Å². The van der Waals surface area contributed by atoms with Gasteiger partial charge in [-0.2, -0.15) is 0 Å². The zero-order chi connectivity index (χ0) is 21.8. The molecule has 31 heavy (non-hydrogen) atoms. The maximum Gasteiger partial charge on any atom is 0.277 e. The summed E-state index contributed by atoms with van der Waals surface area (Å²) >= 11 is 0. The summed E-state index contributed by atoms with van der Waals surface area (Å²) < 4.78 is 15.2. The van der Waals surface area contributed by atoms with Crippen molar-refractivity contribution >= 4 is 17.5 Å². The predicted molar refractivity (Wildman–Crippen MR) is 117 cm³/mol. The molecule has 2 heterocycles. The highest BCUT2D eigenvalue weighted by molar-refractivity contribution is 6.04. The van der Waals surface area contributed by atoms with Crippen molar-refractivity contribution in [1.29, 1.82) is 0 Å². The number of hydrogen-bond donors (Lipinski definition) is 1. The Morgan fingerprint density at radius 3 is 2.39 bits per heavy atom. The van der Waals surface area contributed by atoms with Crippen LogP contribution in [0, 0.1) is 5.82 Å². The Morgan fingerprint density at radius 2 is 1.74 bits per heavy atom. The fraction of sp³-hybridized carbons (Fsp3) is 0.130. The van der Waals surface area contributed by atoms with Gasteiger partial charge in [0.2, 0.25) is 0 Å². The van der Waals surface area contributed by atoms with Gasteiger partial charge in [-0.3, -0.25) is 4.79 Å². The maximum atomic E-state index is 13.4. The minimum absolute atomic E-state index is 0.183. The van der Waals surface area contributed by atoms with Crippen LogP contribution in [0.1, 0.15) is 16.1 Å². The van der Waals surface area contributed by atoms with Crippen LogP contribution in [0.3, 0.4) is 0 Å². The molecule has 1 amide bonds. The molecule has 0 bridgehead atoms. The van der Waals surface area contributed by atoms with Gasteiger partial charge in [-0.25, -0.2) is 9.37 Å². The van der Waals surface area contributed by atoms with Crippen LogP contribution in [-0.2, 0) is 6.54 Å². The lowest BCUT2D eigenvalue weighted by molar-refractivity contribution is 0.102. The van der Waals surface area contributed by atoms with Crippen molar-refractivity contribution in [3.8, 4) is 11.3 Å². The normalized spacial score (nSPS) is 10.7. The molecule has 0 saturated heterocycles. The van der Waals surface area contributed by atoms with Crippen molar-refractivity contribution in [3.63, 3.8) is 0 Å². The van der Waals surface area contributed by atoms with E-state index in [1.165, 1.54) is 12.1 Å². The number of rotatable bonds is 6. The van der Waals surface area contributed by atoms with E-state index in [1.54, 1.807) is 35.5 Å². The Morgan fingerprint density at radius 1 is 1.00 bits per heavy atom. The predicted octanol–water partition coefficient (Wildman–Crippen LogP) is 3.85. The number of anilines is 2. The molecule has 0 atom stereocenters. The second-order valence-electron chi connectivity index (χ2n) is 7.19. The van der Waals surface area contributed by atoms with E-state index < -0.39 is 5.91 Å². The van der Waals surface area contributed by atoms with E-state index in [2.05, 4.69) is 20.5 Å². The Labute approximate surface area is 179 Å². The van der Waals surface area contributed by atoms with E-state index in [0.29, 0.717) is 29.4 Å². The molecular weight excluding hydrogens is 395 g/mol. The van der Waals surface area contributed by atoms with Crippen molar-refractivity contribution in [2.24, 2.45) is 0 Å². The molecule has 0 fully saturated rings. The fourth-order valence-electron chi connectivity index (χ4n) is 3.09. The molecule has 8 heteroatoms. The van der Waals surface area contributed by atoms with Crippen LogP contribution in [-0.4, -0.2) is 39.8 Å². The minimum Gasteiger partial charge on any atom is -0.361 e. The number of amides is 1. The summed E-state index contributed by atoms with van der Waals surface area (Å²) in [6, 6.07) is 19.2. The molecular formula is C23H21FN6O. The number of aromatic nitrogens is 4. The number of carbonyl (C=O) groups excluding carboxylic acids is 1. The van der Waals surface area contributed by atoms with Crippen LogP contribution in [0.15, 0.2) is 73.1 Å². The van der Waals surface area contributed by atoms with Crippen molar-refractivity contribution < 1.29 is 9.18 Å². The van der Waals surface area contributed by atoms with Gasteiger partial charge in [-0.05, 0) is 42.0 Å². The number of hydrogen-bond acceptors (Lipinski definition) is 5. The van der Waals surface area contributed by atoms with E-state index in [9.17, 15) is 9.18 Å². The number of nitrogens with one attached hydrogen (secondary N) is 1. The van der Waals surface area contributed by atoms with Crippen LogP contribution in [0.4, 0.5) is 16.0 Å². The van der Waals surface area contributed by atoms with Gasteiger partial charge in [0.05, 0.1) is 12.9 Å². The average molecular weight is 416 g/mol. The van der Waals surface area contributed by atoms with Crippen molar-refractivity contribution in [3.05, 3.63) is 90.1 Å². The van der Waals surface area contributed by atoms with Gasteiger partial charge in [0, 0.05) is 19.7 Å². The first-order chi connectivity index (χ1) is 15.0. The SMILES string of the molecule is CN(C)c1ccc(C(=O)Nc2c(-c3ccc(F)cc3)ncn2Cc2ccccc2)nn1. The number of halogens is 1.